The Morgan fingerprint density at radius 2 is 2.00 bits per heavy atom. The van der Waals surface area contributed by atoms with E-state index in [1.165, 1.54) is 10.4 Å². The number of ether oxygens (including phenoxy) is 1. The van der Waals surface area contributed by atoms with E-state index < -0.39 is 10.0 Å². The number of nitrogens with zero attached hydrogens (tertiary/aromatic N) is 2. The van der Waals surface area contributed by atoms with Crippen LogP contribution < -0.4 is 4.74 Å². The van der Waals surface area contributed by atoms with E-state index in [1.807, 2.05) is 13.0 Å². The maximum Gasteiger partial charge on any atom is 0.276 e. The molecule has 0 radical (unpaired) electrons. The summed E-state index contributed by atoms with van der Waals surface area (Å²) < 4.78 is 37.0. The van der Waals surface area contributed by atoms with Crippen LogP contribution in [0.2, 0.25) is 0 Å². The highest BCUT2D eigenvalue weighted by Gasteiger charge is 2.29. The Bertz CT molecular complexity index is 731. The van der Waals surface area contributed by atoms with Gasteiger partial charge in [-0.05, 0) is 37.5 Å². The molecular formula is C15H18N2O4S. The summed E-state index contributed by atoms with van der Waals surface area (Å²) in [4.78, 5) is 4.12. The molecule has 2 aromatic heterocycles. The van der Waals surface area contributed by atoms with Crippen molar-refractivity contribution < 1.29 is 17.6 Å². The third-order valence-electron chi connectivity index (χ3n) is 3.54. The van der Waals surface area contributed by atoms with Crippen LogP contribution in [0.3, 0.4) is 0 Å². The van der Waals surface area contributed by atoms with Gasteiger partial charge in [0.1, 0.15) is 12.4 Å². The topological polar surface area (TPSA) is 72.6 Å². The molecule has 1 aliphatic heterocycles. The zero-order valence-corrected chi connectivity index (χ0v) is 13.2. The molecule has 7 heteroatoms. The number of sulfonamides is 1. The highest BCUT2D eigenvalue weighted by Crippen LogP contribution is 2.23. The van der Waals surface area contributed by atoms with Crippen LogP contribution in [-0.4, -0.2) is 30.8 Å². The molecule has 0 saturated carbocycles. The van der Waals surface area contributed by atoms with Gasteiger partial charge in [-0.3, -0.25) is 0 Å². The smallest absolute Gasteiger partial charge is 0.276 e. The Balaban J connectivity index is 1.67. The standard InChI is InChI=1S/C15H18N2O4S/c1-12-4-6-14(16-10-12)20-11-13-5-7-15(21-13)22(18,19)17-8-2-3-9-17/h4-7,10H,2-3,8-9,11H2,1H3. The molecule has 1 aliphatic rings. The lowest BCUT2D eigenvalue weighted by Crippen LogP contribution is -2.27. The molecule has 0 N–H and O–H groups in total. The SMILES string of the molecule is Cc1ccc(OCc2ccc(S(=O)(=O)N3CCCC3)o2)nc1. The minimum absolute atomic E-state index is 0.0233. The van der Waals surface area contributed by atoms with Gasteiger partial charge in [-0.2, -0.15) is 4.31 Å². The van der Waals surface area contributed by atoms with Crippen molar-refractivity contribution in [1.29, 1.82) is 0 Å². The minimum atomic E-state index is -3.51. The lowest BCUT2D eigenvalue weighted by Gasteiger charge is -2.12. The maximum atomic E-state index is 12.3. The number of pyridine rings is 1. The summed E-state index contributed by atoms with van der Waals surface area (Å²) in [6, 6.07) is 6.76. The van der Waals surface area contributed by atoms with E-state index in [1.54, 1.807) is 18.3 Å². The summed E-state index contributed by atoms with van der Waals surface area (Å²) in [5.41, 5.74) is 1.05. The van der Waals surface area contributed by atoms with Crippen LogP contribution in [0.1, 0.15) is 24.2 Å². The maximum absolute atomic E-state index is 12.3. The molecule has 1 fully saturated rings. The Kier molecular flexibility index (Phi) is 4.17. The van der Waals surface area contributed by atoms with Crippen LogP contribution in [0, 0.1) is 6.92 Å². The second-order valence-corrected chi connectivity index (χ2v) is 7.16. The average Bonchev–Trinajstić information content (AvgIpc) is 3.19. The highest BCUT2D eigenvalue weighted by atomic mass is 32.2. The first kappa shape index (κ1) is 15.1. The zero-order valence-electron chi connectivity index (χ0n) is 12.4. The van der Waals surface area contributed by atoms with E-state index in [9.17, 15) is 8.42 Å². The molecule has 0 bridgehead atoms. The number of furan rings is 1. The van der Waals surface area contributed by atoms with E-state index >= 15 is 0 Å². The van der Waals surface area contributed by atoms with Crippen molar-refractivity contribution in [3.8, 4) is 5.88 Å². The van der Waals surface area contributed by atoms with Crippen LogP contribution in [0.25, 0.3) is 0 Å². The predicted molar refractivity (Wildman–Crippen MR) is 80.0 cm³/mol. The van der Waals surface area contributed by atoms with Gasteiger partial charge in [-0.15, -0.1) is 0 Å². The fraction of sp³-hybridized carbons (Fsp3) is 0.400. The molecule has 2 aromatic rings. The summed E-state index contributed by atoms with van der Waals surface area (Å²) >= 11 is 0. The molecule has 0 unspecified atom stereocenters. The summed E-state index contributed by atoms with van der Waals surface area (Å²) in [6.07, 6.45) is 3.50. The first-order valence-electron chi connectivity index (χ1n) is 7.20. The summed E-state index contributed by atoms with van der Waals surface area (Å²) in [6.45, 7) is 3.20. The number of rotatable bonds is 5. The van der Waals surface area contributed by atoms with E-state index in [-0.39, 0.29) is 11.7 Å². The Labute approximate surface area is 129 Å². The van der Waals surface area contributed by atoms with Crippen LogP contribution in [0.5, 0.6) is 5.88 Å². The van der Waals surface area contributed by atoms with Gasteiger partial charge in [-0.1, -0.05) is 6.07 Å². The van der Waals surface area contributed by atoms with Gasteiger partial charge in [-0.25, -0.2) is 13.4 Å². The molecule has 0 spiro atoms. The van der Waals surface area contributed by atoms with Crippen molar-refractivity contribution in [2.75, 3.05) is 13.1 Å². The molecule has 3 heterocycles. The van der Waals surface area contributed by atoms with Crippen molar-refractivity contribution in [3.05, 3.63) is 41.8 Å². The molecule has 0 aliphatic carbocycles. The third kappa shape index (κ3) is 3.15. The Morgan fingerprint density at radius 1 is 1.23 bits per heavy atom. The fourth-order valence-corrected chi connectivity index (χ4v) is 3.76. The van der Waals surface area contributed by atoms with Gasteiger partial charge in [0.15, 0.2) is 0 Å². The number of aromatic nitrogens is 1. The molecule has 118 valence electrons. The summed E-state index contributed by atoms with van der Waals surface area (Å²) in [5.74, 6) is 0.936. The van der Waals surface area contributed by atoms with Gasteiger partial charge < -0.3 is 9.15 Å². The fourth-order valence-electron chi connectivity index (χ4n) is 2.31. The van der Waals surface area contributed by atoms with Gasteiger partial charge >= 0.3 is 0 Å². The first-order chi connectivity index (χ1) is 10.6. The molecule has 22 heavy (non-hydrogen) atoms. The van der Waals surface area contributed by atoms with Crippen molar-refractivity contribution in [3.63, 3.8) is 0 Å². The Hall–Kier alpha value is -1.86. The van der Waals surface area contributed by atoms with Gasteiger partial charge in [0, 0.05) is 25.4 Å². The summed E-state index contributed by atoms with van der Waals surface area (Å²) in [7, 11) is -3.51. The van der Waals surface area contributed by atoms with E-state index in [0.29, 0.717) is 24.7 Å². The van der Waals surface area contributed by atoms with E-state index in [4.69, 9.17) is 9.15 Å². The van der Waals surface area contributed by atoms with Crippen LogP contribution in [-0.2, 0) is 16.6 Å². The lowest BCUT2D eigenvalue weighted by atomic mass is 10.3. The highest BCUT2D eigenvalue weighted by molar-refractivity contribution is 7.89. The molecule has 0 amide bonds. The molecule has 1 saturated heterocycles. The minimum Gasteiger partial charge on any atom is -0.469 e. The van der Waals surface area contributed by atoms with Crippen molar-refractivity contribution >= 4 is 10.0 Å². The second kappa shape index (κ2) is 6.10. The predicted octanol–water partition coefficient (Wildman–Crippen LogP) is 2.35. The van der Waals surface area contributed by atoms with Crippen molar-refractivity contribution in [1.82, 2.24) is 9.29 Å². The zero-order chi connectivity index (χ0) is 15.6. The molecule has 0 aromatic carbocycles. The second-order valence-electron chi connectivity index (χ2n) is 5.29. The largest absolute Gasteiger partial charge is 0.469 e. The van der Waals surface area contributed by atoms with Gasteiger partial charge in [0.05, 0.1) is 0 Å². The quantitative estimate of drug-likeness (QED) is 0.845. The van der Waals surface area contributed by atoms with Crippen molar-refractivity contribution in [2.45, 2.75) is 31.5 Å². The van der Waals surface area contributed by atoms with Crippen LogP contribution in [0.4, 0.5) is 0 Å². The van der Waals surface area contributed by atoms with Gasteiger partial charge in [0.2, 0.25) is 11.0 Å². The molecule has 0 atom stereocenters. The summed E-state index contributed by atoms with van der Waals surface area (Å²) in [5, 5.41) is -0.0233. The molecule has 3 rings (SSSR count). The van der Waals surface area contributed by atoms with Crippen LogP contribution >= 0.6 is 0 Å². The van der Waals surface area contributed by atoms with E-state index in [0.717, 1.165) is 18.4 Å². The van der Waals surface area contributed by atoms with E-state index in [2.05, 4.69) is 4.98 Å². The monoisotopic (exact) mass is 322 g/mol. The van der Waals surface area contributed by atoms with Gasteiger partial charge in [0.25, 0.3) is 10.0 Å². The third-order valence-corrected chi connectivity index (χ3v) is 5.32. The number of hydrogen-bond acceptors (Lipinski definition) is 5. The lowest BCUT2D eigenvalue weighted by molar-refractivity contribution is 0.248. The normalized spacial score (nSPS) is 16.0. The van der Waals surface area contributed by atoms with Crippen LogP contribution in [0.15, 0.2) is 40.0 Å². The first-order valence-corrected chi connectivity index (χ1v) is 8.64. The number of hydrogen-bond donors (Lipinski definition) is 0. The molecule has 6 nitrogen and oxygen atoms in total. The van der Waals surface area contributed by atoms with Crippen molar-refractivity contribution in [2.24, 2.45) is 0 Å². The average molecular weight is 322 g/mol. The number of aryl methyl sites for hydroxylation is 1. The Morgan fingerprint density at radius 3 is 2.68 bits per heavy atom. The molecular weight excluding hydrogens is 304 g/mol.